The number of ether oxygens (including phenoxy) is 1. The van der Waals surface area contributed by atoms with Gasteiger partial charge in [-0.3, -0.25) is 4.79 Å². The van der Waals surface area contributed by atoms with Gasteiger partial charge in [0.25, 0.3) is 0 Å². The average molecular weight is 269 g/mol. The van der Waals surface area contributed by atoms with E-state index in [-0.39, 0.29) is 5.91 Å². The molecule has 4 nitrogen and oxygen atoms in total. The molecule has 0 atom stereocenters. The van der Waals surface area contributed by atoms with Crippen LogP contribution in [0.25, 0.3) is 0 Å². The number of hydrogen-bond donors (Lipinski definition) is 1. The van der Waals surface area contributed by atoms with Gasteiger partial charge in [-0.25, -0.2) is 0 Å². The molecule has 1 aliphatic rings. The maximum atomic E-state index is 12.0. The predicted molar refractivity (Wildman–Crippen MR) is 70.7 cm³/mol. The van der Waals surface area contributed by atoms with E-state index in [1.165, 1.54) is 0 Å². The first-order valence-corrected chi connectivity index (χ1v) is 7.03. The van der Waals surface area contributed by atoms with Gasteiger partial charge >= 0.3 is 0 Å². The lowest BCUT2D eigenvalue weighted by atomic mass is 9.94. The Morgan fingerprint density at radius 2 is 2.28 bits per heavy atom. The Hall–Kier alpha value is -0.910. The van der Waals surface area contributed by atoms with Crippen LogP contribution in [0.5, 0.6) is 0 Å². The minimum atomic E-state index is -0.780. The molecule has 0 radical (unpaired) electrons. The first kappa shape index (κ1) is 13.5. The van der Waals surface area contributed by atoms with Gasteiger partial charge in [-0.15, -0.1) is 11.3 Å². The molecule has 1 aromatic rings. The van der Waals surface area contributed by atoms with Gasteiger partial charge in [0.05, 0.1) is 12.0 Å². The summed E-state index contributed by atoms with van der Waals surface area (Å²) < 4.78 is 5.23. The molecule has 0 aromatic carbocycles. The summed E-state index contributed by atoms with van der Waals surface area (Å²) in [5, 5.41) is 12.3. The Labute approximate surface area is 111 Å². The smallest absolute Gasteiger partial charge is 0.227 e. The molecule has 18 heavy (non-hydrogen) atoms. The molecular formula is C13H19NO3S. The van der Waals surface area contributed by atoms with Crippen LogP contribution in [-0.2, 0) is 16.0 Å². The molecule has 0 spiro atoms. The maximum Gasteiger partial charge on any atom is 0.227 e. The number of hydrogen-bond acceptors (Lipinski definition) is 4. The van der Waals surface area contributed by atoms with Crippen molar-refractivity contribution in [3.05, 3.63) is 22.4 Å². The number of carbonyl (C=O) groups is 1. The lowest BCUT2D eigenvalue weighted by Gasteiger charge is -2.35. The topological polar surface area (TPSA) is 49.8 Å². The first-order valence-electron chi connectivity index (χ1n) is 6.16. The molecule has 0 saturated carbocycles. The fraction of sp³-hybridized carbons (Fsp3) is 0.615. The normalized spacial score (nSPS) is 18.6. The van der Waals surface area contributed by atoms with E-state index in [9.17, 15) is 9.90 Å². The average Bonchev–Trinajstić information content (AvgIpc) is 2.82. The van der Waals surface area contributed by atoms with E-state index in [2.05, 4.69) is 0 Å². The molecule has 100 valence electrons. The number of rotatable bonds is 4. The van der Waals surface area contributed by atoms with Crippen molar-refractivity contribution in [1.82, 2.24) is 4.90 Å². The Bertz CT molecular complexity index is 385. The van der Waals surface area contributed by atoms with Gasteiger partial charge in [0.15, 0.2) is 0 Å². The van der Waals surface area contributed by atoms with Crippen LogP contribution in [-0.4, -0.2) is 48.3 Å². The van der Waals surface area contributed by atoms with Crippen LogP contribution in [0.3, 0.4) is 0 Å². The van der Waals surface area contributed by atoms with Gasteiger partial charge in [-0.2, -0.15) is 0 Å². The van der Waals surface area contributed by atoms with E-state index >= 15 is 0 Å². The van der Waals surface area contributed by atoms with Crippen molar-refractivity contribution < 1.29 is 14.6 Å². The van der Waals surface area contributed by atoms with Crippen LogP contribution < -0.4 is 0 Å². The summed E-state index contributed by atoms with van der Waals surface area (Å²) in [4.78, 5) is 14.7. The Morgan fingerprint density at radius 1 is 1.56 bits per heavy atom. The summed E-state index contributed by atoms with van der Waals surface area (Å²) >= 11 is 1.58. The first-order chi connectivity index (χ1) is 8.59. The summed E-state index contributed by atoms with van der Waals surface area (Å²) in [6.07, 6.45) is 1.62. The number of likely N-dealkylation sites (N-methyl/N-ethyl adjacent to an activating group) is 1. The van der Waals surface area contributed by atoms with Gasteiger partial charge in [0.1, 0.15) is 0 Å². The van der Waals surface area contributed by atoms with Crippen LogP contribution in [0, 0.1) is 0 Å². The minimum absolute atomic E-state index is 0.0531. The van der Waals surface area contributed by atoms with Gasteiger partial charge in [-0.05, 0) is 11.4 Å². The molecule has 0 unspecified atom stereocenters. The maximum absolute atomic E-state index is 12.0. The van der Waals surface area contributed by atoms with Crippen molar-refractivity contribution in [2.24, 2.45) is 0 Å². The molecule has 0 bridgehead atoms. The molecule has 2 heterocycles. The molecule has 1 N–H and O–H groups in total. The van der Waals surface area contributed by atoms with Crippen LogP contribution in [0.15, 0.2) is 17.5 Å². The zero-order chi connectivity index (χ0) is 13.0. The van der Waals surface area contributed by atoms with E-state index < -0.39 is 5.60 Å². The highest BCUT2D eigenvalue weighted by Crippen LogP contribution is 2.21. The van der Waals surface area contributed by atoms with Gasteiger partial charge in [0, 0.05) is 44.5 Å². The van der Waals surface area contributed by atoms with Gasteiger partial charge in [0.2, 0.25) is 5.91 Å². The highest BCUT2D eigenvalue weighted by Gasteiger charge is 2.32. The van der Waals surface area contributed by atoms with Crippen LogP contribution >= 0.6 is 11.3 Å². The number of amides is 1. The van der Waals surface area contributed by atoms with Crippen molar-refractivity contribution in [3.8, 4) is 0 Å². The Kier molecular flexibility index (Phi) is 4.37. The predicted octanol–water partition coefficient (Wildman–Crippen LogP) is 1.29. The molecule has 1 amide bonds. The number of nitrogens with zero attached hydrogens (tertiary/aromatic N) is 1. The van der Waals surface area contributed by atoms with Crippen LogP contribution in [0.4, 0.5) is 0 Å². The second-order valence-electron chi connectivity index (χ2n) is 4.84. The van der Waals surface area contributed by atoms with Gasteiger partial charge in [-0.1, -0.05) is 6.07 Å². The minimum Gasteiger partial charge on any atom is -0.388 e. The Balaban J connectivity index is 1.86. The van der Waals surface area contributed by atoms with E-state index in [1.807, 2.05) is 17.5 Å². The van der Waals surface area contributed by atoms with Gasteiger partial charge < -0.3 is 14.7 Å². The van der Waals surface area contributed by atoms with Crippen molar-refractivity contribution in [3.63, 3.8) is 0 Å². The fourth-order valence-electron chi connectivity index (χ4n) is 2.14. The summed E-state index contributed by atoms with van der Waals surface area (Å²) in [5.41, 5.74) is -0.780. The van der Waals surface area contributed by atoms with Crippen LogP contribution in [0.2, 0.25) is 0 Å². The standard InChI is InChI=1S/C13H19NO3S/c1-14(10-13(16)4-6-17-7-5-13)12(15)9-11-3-2-8-18-11/h2-3,8,16H,4-7,9-10H2,1H3. The second-order valence-corrected chi connectivity index (χ2v) is 5.87. The van der Waals surface area contributed by atoms with Crippen molar-refractivity contribution >= 4 is 17.2 Å². The highest BCUT2D eigenvalue weighted by atomic mass is 32.1. The largest absolute Gasteiger partial charge is 0.388 e. The quantitative estimate of drug-likeness (QED) is 0.896. The SMILES string of the molecule is CN(CC1(O)CCOCC1)C(=O)Cc1cccs1. The summed E-state index contributed by atoms with van der Waals surface area (Å²) in [7, 11) is 1.75. The number of thiophene rings is 1. The monoisotopic (exact) mass is 269 g/mol. The van der Waals surface area contributed by atoms with Crippen LogP contribution in [0.1, 0.15) is 17.7 Å². The van der Waals surface area contributed by atoms with E-state index in [4.69, 9.17) is 4.74 Å². The number of carbonyl (C=O) groups excluding carboxylic acids is 1. The van der Waals surface area contributed by atoms with Crippen molar-refractivity contribution in [2.45, 2.75) is 24.9 Å². The zero-order valence-corrected chi connectivity index (χ0v) is 11.4. The fourth-order valence-corrected chi connectivity index (χ4v) is 2.83. The summed E-state index contributed by atoms with van der Waals surface area (Å²) in [5.74, 6) is 0.0531. The third kappa shape index (κ3) is 3.54. The van der Waals surface area contributed by atoms with E-state index in [0.29, 0.717) is 39.0 Å². The van der Waals surface area contributed by atoms with Crippen molar-refractivity contribution in [1.29, 1.82) is 0 Å². The molecular weight excluding hydrogens is 250 g/mol. The Morgan fingerprint density at radius 3 is 2.89 bits per heavy atom. The lowest BCUT2D eigenvalue weighted by molar-refractivity contribution is -0.136. The molecule has 1 aliphatic heterocycles. The zero-order valence-electron chi connectivity index (χ0n) is 10.6. The third-order valence-electron chi connectivity index (χ3n) is 3.29. The molecule has 1 fully saturated rings. The molecule has 0 aliphatic carbocycles. The van der Waals surface area contributed by atoms with E-state index in [1.54, 1.807) is 23.3 Å². The molecule has 5 heteroatoms. The van der Waals surface area contributed by atoms with E-state index in [0.717, 1.165) is 4.88 Å². The highest BCUT2D eigenvalue weighted by molar-refractivity contribution is 7.10. The second kappa shape index (κ2) is 5.82. The number of aliphatic hydroxyl groups is 1. The van der Waals surface area contributed by atoms with Crippen molar-refractivity contribution in [2.75, 3.05) is 26.8 Å². The molecule has 1 saturated heterocycles. The summed E-state index contributed by atoms with van der Waals surface area (Å²) in [6, 6.07) is 3.90. The summed E-state index contributed by atoms with van der Waals surface area (Å²) in [6.45, 7) is 1.54. The molecule has 1 aromatic heterocycles. The molecule has 2 rings (SSSR count). The third-order valence-corrected chi connectivity index (χ3v) is 4.16. The lowest BCUT2D eigenvalue weighted by Crippen LogP contribution is -2.47.